The van der Waals surface area contributed by atoms with Gasteiger partial charge in [0, 0.05) is 6.04 Å². The number of aromatic nitrogens is 4. The maximum atomic E-state index is 13.2. The number of aliphatic hydroxyl groups excluding tert-OH is 3. The van der Waals surface area contributed by atoms with Crippen molar-refractivity contribution in [2.75, 3.05) is 11.5 Å². The van der Waals surface area contributed by atoms with Crippen LogP contribution in [0.4, 0.5) is 10.6 Å². The number of anilines is 1. The topological polar surface area (TPSA) is 143 Å². The Morgan fingerprint density at radius 1 is 1.28 bits per heavy atom. The highest BCUT2D eigenvalue weighted by Crippen LogP contribution is 2.36. The van der Waals surface area contributed by atoms with Gasteiger partial charge in [0.25, 0.3) is 0 Å². The van der Waals surface area contributed by atoms with E-state index in [1.807, 2.05) is 0 Å². The van der Waals surface area contributed by atoms with Crippen LogP contribution in [0.1, 0.15) is 52.7 Å². The number of amides is 1. The third-order valence-corrected chi connectivity index (χ3v) is 5.84. The van der Waals surface area contributed by atoms with Gasteiger partial charge in [0.1, 0.15) is 23.9 Å². The molecule has 0 spiro atoms. The van der Waals surface area contributed by atoms with Crippen molar-refractivity contribution >= 4 is 34.5 Å². The molecule has 0 bridgehead atoms. The van der Waals surface area contributed by atoms with Crippen LogP contribution in [0.25, 0.3) is 11.0 Å². The first-order valence-corrected chi connectivity index (χ1v) is 11.0. The summed E-state index contributed by atoms with van der Waals surface area (Å²) < 4.78 is 12.5. The molecule has 2 fully saturated rings. The standard InChI is InChI=1S/C20H28ClN5O6/c1-20(2,3)32-19(30)25(10-6-4-5-7-10)15-11-8-22-26(16(11)24-18(21)23-15)17-14(29)13(28)12(9-27)31-17/h8,10,12-14,17,27-29H,4-7,9H2,1-3H3/t12-,13+,14+,17+/m0/s1. The first kappa shape index (κ1) is 23.1. The molecule has 1 saturated heterocycles. The van der Waals surface area contributed by atoms with Gasteiger partial charge in [0.15, 0.2) is 17.7 Å². The van der Waals surface area contributed by atoms with Crippen LogP contribution >= 0.6 is 11.6 Å². The molecule has 2 aromatic rings. The molecule has 0 aromatic carbocycles. The van der Waals surface area contributed by atoms with E-state index in [1.165, 1.54) is 15.8 Å². The van der Waals surface area contributed by atoms with Gasteiger partial charge in [-0.15, -0.1) is 0 Å². The molecule has 0 unspecified atom stereocenters. The van der Waals surface area contributed by atoms with Crippen molar-refractivity contribution in [3.63, 3.8) is 0 Å². The van der Waals surface area contributed by atoms with E-state index in [9.17, 15) is 20.1 Å². The first-order chi connectivity index (χ1) is 15.1. The molecule has 2 aliphatic rings. The van der Waals surface area contributed by atoms with E-state index in [0.29, 0.717) is 5.39 Å². The van der Waals surface area contributed by atoms with Crippen LogP contribution in [-0.2, 0) is 9.47 Å². The van der Waals surface area contributed by atoms with E-state index >= 15 is 0 Å². The van der Waals surface area contributed by atoms with Crippen molar-refractivity contribution in [3.8, 4) is 0 Å². The molecule has 3 N–H and O–H groups in total. The van der Waals surface area contributed by atoms with Crippen molar-refractivity contribution in [3.05, 3.63) is 11.5 Å². The summed E-state index contributed by atoms with van der Waals surface area (Å²) in [6.07, 6.45) is -0.231. The van der Waals surface area contributed by atoms with Crippen molar-refractivity contribution < 1.29 is 29.6 Å². The molecule has 4 rings (SSSR count). The van der Waals surface area contributed by atoms with E-state index in [1.54, 1.807) is 20.8 Å². The van der Waals surface area contributed by atoms with Crippen LogP contribution in [0, 0.1) is 0 Å². The average molecular weight is 470 g/mol. The summed E-state index contributed by atoms with van der Waals surface area (Å²) in [6.45, 7) is 4.91. The lowest BCUT2D eigenvalue weighted by atomic mass is 10.1. The van der Waals surface area contributed by atoms with Crippen LogP contribution in [-0.4, -0.2) is 77.7 Å². The molecule has 4 atom stereocenters. The second kappa shape index (κ2) is 8.71. The third kappa shape index (κ3) is 4.27. The number of nitrogens with zero attached hydrogens (tertiary/aromatic N) is 5. The summed E-state index contributed by atoms with van der Waals surface area (Å²) in [6, 6.07) is -0.115. The van der Waals surface area contributed by atoms with Crippen LogP contribution in [0.2, 0.25) is 5.28 Å². The van der Waals surface area contributed by atoms with Crippen molar-refractivity contribution in [2.24, 2.45) is 0 Å². The van der Waals surface area contributed by atoms with Gasteiger partial charge >= 0.3 is 6.09 Å². The quantitative estimate of drug-likeness (QED) is 0.570. The van der Waals surface area contributed by atoms with Crippen molar-refractivity contribution in [2.45, 2.75) is 82.6 Å². The van der Waals surface area contributed by atoms with Gasteiger partial charge in [-0.2, -0.15) is 15.1 Å². The normalized spacial score (nSPS) is 26.7. The van der Waals surface area contributed by atoms with E-state index in [2.05, 4.69) is 15.1 Å². The minimum atomic E-state index is -1.34. The Bertz CT molecular complexity index is 989. The largest absolute Gasteiger partial charge is 0.443 e. The summed E-state index contributed by atoms with van der Waals surface area (Å²) in [5, 5.41) is 34.5. The molecule has 12 heteroatoms. The van der Waals surface area contributed by atoms with Crippen LogP contribution in [0.3, 0.4) is 0 Å². The number of carbonyl (C=O) groups is 1. The molecule has 176 valence electrons. The molecule has 3 heterocycles. The zero-order chi connectivity index (χ0) is 23.2. The average Bonchev–Trinajstić information content (AvgIpc) is 3.42. The maximum Gasteiger partial charge on any atom is 0.416 e. The second-order valence-electron chi connectivity index (χ2n) is 9.16. The van der Waals surface area contributed by atoms with Gasteiger partial charge in [-0.05, 0) is 45.2 Å². The van der Waals surface area contributed by atoms with Crippen molar-refractivity contribution in [1.82, 2.24) is 19.7 Å². The summed E-state index contributed by atoms with van der Waals surface area (Å²) in [7, 11) is 0. The Morgan fingerprint density at radius 2 is 1.97 bits per heavy atom. The zero-order valence-corrected chi connectivity index (χ0v) is 18.9. The Kier molecular flexibility index (Phi) is 6.29. The fraction of sp³-hybridized carbons (Fsp3) is 0.700. The zero-order valence-electron chi connectivity index (χ0n) is 18.2. The molecular weight excluding hydrogens is 442 g/mol. The minimum absolute atomic E-state index is 0.115. The van der Waals surface area contributed by atoms with Gasteiger partial charge in [0.05, 0.1) is 18.2 Å². The van der Waals surface area contributed by atoms with Crippen molar-refractivity contribution in [1.29, 1.82) is 0 Å². The number of aliphatic hydroxyl groups is 3. The molecule has 32 heavy (non-hydrogen) atoms. The summed E-state index contributed by atoms with van der Waals surface area (Å²) in [4.78, 5) is 23.3. The summed E-state index contributed by atoms with van der Waals surface area (Å²) >= 11 is 6.23. The van der Waals surface area contributed by atoms with Gasteiger partial charge in [0.2, 0.25) is 5.28 Å². The van der Waals surface area contributed by atoms with E-state index in [0.717, 1.165) is 25.7 Å². The molecule has 1 saturated carbocycles. The molecular formula is C20H28ClN5O6. The van der Waals surface area contributed by atoms with Gasteiger partial charge < -0.3 is 24.8 Å². The Morgan fingerprint density at radius 3 is 2.56 bits per heavy atom. The third-order valence-electron chi connectivity index (χ3n) is 5.67. The number of fused-ring (bicyclic) bond motifs is 1. The van der Waals surface area contributed by atoms with Gasteiger partial charge in [-0.25, -0.2) is 9.48 Å². The molecule has 11 nitrogen and oxygen atoms in total. The molecule has 1 amide bonds. The van der Waals surface area contributed by atoms with Gasteiger partial charge in [-0.1, -0.05) is 12.8 Å². The van der Waals surface area contributed by atoms with E-state index in [-0.39, 0.29) is 22.8 Å². The highest BCUT2D eigenvalue weighted by Gasteiger charge is 2.45. The fourth-order valence-corrected chi connectivity index (χ4v) is 4.38. The number of hydrogen-bond donors (Lipinski definition) is 3. The predicted octanol–water partition coefficient (Wildman–Crippen LogP) is 1.78. The Balaban J connectivity index is 1.79. The van der Waals surface area contributed by atoms with E-state index in [4.69, 9.17) is 21.1 Å². The van der Waals surface area contributed by atoms with Crippen LogP contribution in [0.15, 0.2) is 6.20 Å². The number of hydrogen-bond acceptors (Lipinski definition) is 9. The Labute approximate surface area is 189 Å². The Hall–Kier alpha value is -2.05. The summed E-state index contributed by atoms with van der Waals surface area (Å²) in [5.41, 5.74) is -0.480. The van der Waals surface area contributed by atoms with Gasteiger partial charge in [-0.3, -0.25) is 4.90 Å². The smallest absolute Gasteiger partial charge is 0.416 e. The summed E-state index contributed by atoms with van der Waals surface area (Å²) in [5.74, 6) is 0.263. The number of ether oxygens (including phenoxy) is 2. The number of carbonyl (C=O) groups excluding carboxylic acids is 1. The molecule has 2 aromatic heterocycles. The highest BCUT2D eigenvalue weighted by atomic mass is 35.5. The second-order valence-corrected chi connectivity index (χ2v) is 9.50. The van der Waals surface area contributed by atoms with Crippen LogP contribution < -0.4 is 4.90 Å². The lowest BCUT2D eigenvalue weighted by Crippen LogP contribution is -2.43. The van der Waals surface area contributed by atoms with E-state index < -0.39 is 42.8 Å². The number of halogens is 1. The molecule has 0 radical (unpaired) electrons. The van der Waals surface area contributed by atoms with Crippen LogP contribution in [0.5, 0.6) is 0 Å². The fourth-order valence-electron chi connectivity index (χ4n) is 4.22. The monoisotopic (exact) mass is 469 g/mol. The molecule has 1 aliphatic carbocycles. The first-order valence-electron chi connectivity index (χ1n) is 10.7. The molecule has 1 aliphatic heterocycles. The predicted molar refractivity (Wildman–Crippen MR) is 114 cm³/mol. The highest BCUT2D eigenvalue weighted by molar-refractivity contribution is 6.28. The lowest BCUT2D eigenvalue weighted by Gasteiger charge is -2.31. The number of rotatable bonds is 4. The SMILES string of the molecule is CC(C)(C)OC(=O)N(c1nc(Cl)nc2c1cnn2[C@@H]1O[C@@H](CO)[C@@H](O)[C@H]1O)C1CCCC1. The lowest BCUT2D eigenvalue weighted by molar-refractivity contribution is -0.0566. The maximum absolute atomic E-state index is 13.2. The minimum Gasteiger partial charge on any atom is -0.443 e.